The zero-order valence-corrected chi connectivity index (χ0v) is 20.6. The van der Waals surface area contributed by atoms with Crippen LogP contribution in [0.2, 0.25) is 0 Å². The molecule has 1 unspecified atom stereocenters. The molecule has 1 amide bonds. The van der Waals surface area contributed by atoms with E-state index in [9.17, 15) is 19.2 Å². The van der Waals surface area contributed by atoms with Gasteiger partial charge in [-0.05, 0) is 12.8 Å². The summed E-state index contributed by atoms with van der Waals surface area (Å²) in [5.74, 6) is -3.86. The summed E-state index contributed by atoms with van der Waals surface area (Å²) in [5.41, 5.74) is 0. The van der Waals surface area contributed by atoms with Crippen molar-refractivity contribution in [1.82, 2.24) is 4.90 Å². The van der Waals surface area contributed by atoms with Gasteiger partial charge in [-0.15, -0.1) is 0 Å². The highest BCUT2D eigenvalue weighted by atomic mass is 16.6. The van der Waals surface area contributed by atoms with Gasteiger partial charge in [0.25, 0.3) is 0 Å². The number of hydrogen-bond donors (Lipinski definition) is 2. The number of esters is 1. The molecule has 0 heterocycles. The minimum atomic E-state index is -1.28. The molecular weight excluding hydrogens is 442 g/mol. The summed E-state index contributed by atoms with van der Waals surface area (Å²) in [6.45, 7) is 5.15. The Morgan fingerprint density at radius 2 is 1.32 bits per heavy atom. The first-order valence-electron chi connectivity index (χ1n) is 12.2. The predicted octanol–water partition coefficient (Wildman–Crippen LogP) is 3.97. The minimum absolute atomic E-state index is 0.0133. The molecule has 1 atom stereocenters. The van der Waals surface area contributed by atoms with Gasteiger partial charge >= 0.3 is 17.9 Å². The molecule has 194 valence electrons. The maximum Gasteiger partial charge on any atom is 0.331 e. The molecule has 0 radical (unpaired) electrons. The van der Waals surface area contributed by atoms with Crippen LogP contribution < -0.4 is 0 Å². The van der Waals surface area contributed by atoms with Crippen LogP contribution in [0.3, 0.4) is 0 Å². The lowest BCUT2D eigenvalue weighted by Gasteiger charge is -2.26. The fourth-order valence-corrected chi connectivity index (χ4v) is 3.18. The summed E-state index contributed by atoms with van der Waals surface area (Å²) < 4.78 is 11.0. The van der Waals surface area contributed by atoms with Crippen LogP contribution in [-0.2, 0) is 28.7 Å². The Morgan fingerprint density at radius 3 is 1.94 bits per heavy atom. The molecule has 0 spiro atoms. The van der Waals surface area contributed by atoms with Crippen molar-refractivity contribution in [2.24, 2.45) is 0 Å². The van der Waals surface area contributed by atoms with Gasteiger partial charge in [-0.1, -0.05) is 65.2 Å². The van der Waals surface area contributed by atoms with Crippen LogP contribution in [0.25, 0.3) is 0 Å². The topological polar surface area (TPSA) is 130 Å². The molecule has 0 aromatic carbocycles. The minimum Gasteiger partial charge on any atom is -0.478 e. The first kappa shape index (κ1) is 31.3. The standard InChI is InChI=1S/C25H41NO8/c1-3-5-7-9-10-11-17-26(22(27)13-14-23(28)29)19-21(20-33-18-12-8-6-4-2)34-25(32)16-15-24(30)31/h13-16,21H,3-12,17-20H2,1-2H3,(H,28,29)(H,30,31)/b14-13-,16-15-. The van der Waals surface area contributed by atoms with E-state index in [2.05, 4.69) is 13.8 Å². The van der Waals surface area contributed by atoms with Gasteiger partial charge in [0.15, 0.2) is 0 Å². The van der Waals surface area contributed by atoms with Gasteiger partial charge in [0.1, 0.15) is 6.10 Å². The average molecular weight is 484 g/mol. The number of carboxylic acid groups (broad SMARTS) is 2. The lowest BCUT2D eigenvalue weighted by Crippen LogP contribution is -2.41. The Hall–Kier alpha value is -2.68. The normalized spacial score (nSPS) is 12.2. The van der Waals surface area contributed by atoms with E-state index in [4.69, 9.17) is 19.7 Å². The summed E-state index contributed by atoms with van der Waals surface area (Å²) in [6, 6.07) is 0. The third-order valence-electron chi connectivity index (χ3n) is 4.98. The number of carbonyl (C=O) groups is 4. The molecule has 0 fully saturated rings. The Labute approximate surface area is 202 Å². The highest BCUT2D eigenvalue weighted by Crippen LogP contribution is 2.09. The highest BCUT2D eigenvalue weighted by Gasteiger charge is 2.21. The van der Waals surface area contributed by atoms with Crippen molar-refractivity contribution in [3.63, 3.8) is 0 Å². The molecule has 9 heteroatoms. The van der Waals surface area contributed by atoms with Crippen molar-refractivity contribution in [1.29, 1.82) is 0 Å². The van der Waals surface area contributed by atoms with Gasteiger partial charge in [0, 0.05) is 37.5 Å². The Kier molecular flexibility index (Phi) is 19.2. The van der Waals surface area contributed by atoms with E-state index in [1.807, 2.05) is 0 Å². The summed E-state index contributed by atoms with van der Waals surface area (Å²) in [7, 11) is 0. The van der Waals surface area contributed by atoms with Crippen LogP contribution in [0.5, 0.6) is 0 Å². The van der Waals surface area contributed by atoms with E-state index in [1.54, 1.807) is 0 Å². The Morgan fingerprint density at radius 1 is 0.765 bits per heavy atom. The van der Waals surface area contributed by atoms with Crippen LogP contribution in [0.4, 0.5) is 0 Å². The third kappa shape index (κ3) is 18.8. The van der Waals surface area contributed by atoms with Gasteiger partial charge in [0.2, 0.25) is 5.91 Å². The quantitative estimate of drug-likeness (QED) is 0.142. The SMILES string of the molecule is CCCCCCCCN(CC(COCCCCCC)OC(=O)/C=C\C(=O)O)C(=O)/C=C\C(=O)O. The second kappa shape index (κ2) is 20.9. The van der Waals surface area contributed by atoms with Crippen molar-refractivity contribution in [2.45, 2.75) is 84.2 Å². The number of aliphatic carboxylic acids is 2. The molecule has 0 aliphatic heterocycles. The second-order valence-electron chi connectivity index (χ2n) is 8.09. The van der Waals surface area contributed by atoms with Crippen LogP contribution in [0.15, 0.2) is 24.3 Å². The van der Waals surface area contributed by atoms with E-state index in [-0.39, 0.29) is 13.2 Å². The molecule has 0 aliphatic rings. The molecule has 0 saturated carbocycles. The monoisotopic (exact) mass is 483 g/mol. The van der Waals surface area contributed by atoms with Crippen molar-refractivity contribution >= 4 is 23.8 Å². The number of nitrogens with zero attached hydrogens (tertiary/aromatic N) is 1. The molecule has 2 N–H and O–H groups in total. The van der Waals surface area contributed by atoms with Crippen molar-refractivity contribution in [3.8, 4) is 0 Å². The van der Waals surface area contributed by atoms with E-state index in [0.717, 1.165) is 82.4 Å². The lowest BCUT2D eigenvalue weighted by molar-refractivity contribution is -0.149. The van der Waals surface area contributed by atoms with Crippen LogP contribution in [-0.4, -0.2) is 71.3 Å². The molecule has 0 aliphatic carbocycles. The van der Waals surface area contributed by atoms with E-state index < -0.39 is 29.9 Å². The number of ether oxygens (including phenoxy) is 2. The van der Waals surface area contributed by atoms with Crippen molar-refractivity contribution in [3.05, 3.63) is 24.3 Å². The van der Waals surface area contributed by atoms with Crippen LogP contribution in [0.1, 0.15) is 78.1 Å². The number of amides is 1. The van der Waals surface area contributed by atoms with Gasteiger partial charge in [-0.25, -0.2) is 14.4 Å². The van der Waals surface area contributed by atoms with Gasteiger partial charge in [0.05, 0.1) is 13.2 Å². The van der Waals surface area contributed by atoms with Gasteiger partial charge in [-0.3, -0.25) is 4.79 Å². The molecule has 9 nitrogen and oxygen atoms in total. The van der Waals surface area contributed by atoms with Crippen LogP contribution in [0, 0.1) is 0 Å². The first-order chi connectivity index (χ1) is 16.3. The summed E-state index contributed by atoms with van der Waals surface area (Å²) in [6.07, 6.45) is 12.6. The highest BCUT2D eigenvalue weighted by molar-refractivity contribution is 5.94. The fraction of sp³-hybridized carbons (Fsp3) is 0.680. The largest absolute Gasteiger partial charge is 0.478 e. The molecule has 0 rings (SSSR count). The van der Waals surface area contributed by atoms with E-state index >= 15 is 0 Å². The van der Waals surface area contributed by atoms with Crippen molar-refractivity contribution < 1.29 is 38.9 Å². The zero-order valence-electron chi connectivity index (χ0n) is 20.6. The fourth-order valence-electron chi connectivity index (χ4n) is 3.18. The summed E-state index contributed by atoms with van der Waals surface area (Å²) >= 11 is 0. The van der Waals surface area contributed by atoms with Gasteiger partial charge in [-0.2, -0.15) is 0 Å². The third-order valence-corrected chi connectivity index (χ3v) is 4.98. The van der Waals surface area contributed by atoms with Crippen LogP contribution >= 0.6 is 0 Å². The number of unbranched alkanes of at least 4 members (excludes halogenated alkanes) is 8. The first-order valence-corrected chi connectivity index (χ1v) is 12.2. The number of carboxylic acids is 2. The molecule has 0 aromatic rings. The van der Waals surface area contributed by atoms with E-state index in [1.165, 1.54) is 4.90 Å². The number of carbonyl (C=O) groups excluding carboxylic acids is 2. The smallest absolute Gasteiger partial charge is 0.331 e. The lowest BCUT2D eigenvalue weighted by atomic mass is 10.1. The predicted molar refractivity (Wildman–Crippen MR) is 128 cm³/mol. The average Bonchev–Trinajstić information content (AvgIpc) is 2.79. The second-order valence-corrected chi connectivity index (χ2v) is 8.09. The molecule has 0 bridgehead atoms. The summed E-state index contributed by atoms with van der Waals surface area (Å²) in [4.78, 5) is 47.6. The van der Waals surface area contributed by atoms with Crippen molar-refractivity contribution in [2.75, 3.05) is 26.3 Å². The maximum atomic E-state index is 12.6. The molecule has 0 aromatic heterocycles. The summed E-state index contributed by atoms with van der Waals surface area (Å²) in [5, 5.41) is 17.6. The Balaban J connectivity index is 5.15. The maximum absolute atomic E-state index is 12.6. The Bertz CT molecular complexity index is 659. The molecule has 34 heavy (non-hydrogen) atoms. The van der Waals surface area contributed by atoms with Gasteiger partial charge < -0.3 is 24.6 Å². The zero-order chi connectivity index (χ0) is 25.6. The molecule has 0 saturated heterocycles. The number of hydrogen-bond acceptors (Lipinski definition) is 6. The number of rotatable bonds is 21. The molecular formula is C25H41NO8. The van der Waals surface area contributed by atoms with E-state index in [0.29, 0.717) is 19.2 Å².